The van der Waals surface area contributed by atoms with Crippen molar-refractivity contribution in [1.82, 2.24) is 4.90 Å². The first-order valence-corrected chi connectivity index (χ1v) is 5.78. The number of alkyl halides is 3. The molecule has 4 nitrogen and oxygen atoms in total. The topological polar surface area (TPSA) is 63.4 Å². The van der Waals surface area contributed by atoms with E-state index in [-0.39, 0.29) is 12.0 Å². The van der Waals surface area contributed by atoms with E-state index in [2.05, 4.69) is 0 Å². The third-order valence-electron chi connectivity index (χ3n) is 2.72. The van der Waals surface area contributed by atoms with Gasteiger partial charge in [-0.1, -0.05) is 18.6 Å². The van der Waals surface area contributed by atoms with Crippen molar-refractivity contribution >= 4 is 11.8 Å². The average Bonchev–Trinajstić information content (AvgIpc) is 2.39. The smallest absolute Gasteiger partial charge is 0.368 e. The molecule has 1 heterocycles. The molecule has 0 fully saturated rings. The summed E-state index contributed by atoms with van der Waals surface area (Å²) in [5, 5.41) is 0. The summed E-state index contributed by atoms with van der Waals surface area (Å²) >= 11 is 0. The molecule has 7 heteroatoms. The summed E-state index contributed by atoms with van der Waals surface area (Å²) in [5.74, 6) is -1.24. The Hall–Kier alpha value is -1.79. The van der Waals surface area contributed by atoms with Crippen LogP contribution in [-0.4, -0.2) is 28.9 Å². The Morgan fingerprint density at radius 2 is 2.16 bits per heavy atom. The molecule has 2 N–H and O–H groups in total. The quantitative estimate of drug-likeness (QED) is 0.852. The highest BCUT2D eigenvalue weighted by molar-refractivity contribution is 5.88. The number of carbonyl (C=O) groups is 2. The number of amides is 2. The van der Waals surface area contributed by atoms with Crippen LogP contribution in [0.4, 0.5) is 13.2 Å². The first kappa shape index (κ1) is 15.3. The van der Waals surface area contributed by atoms with Gasteiger partial charge in [-0.2, -0.15) is 13.2 Å². The zero-order chi connectivity index (χ0) is 14.6. The molecule has 0 aromatic carbocycles. The van der Waals surface area contributed by atoms with E-state index in [1.165, 1.54) is 18.4 Å². The summed E-state index contributed by atoms with van der Waals surface area (Å²) in [7, 11) is 0. The highest BCUT2D eigenvalue weighted by Crippen LogP contribution is 2.28. The SMILES string of the molecule is CCC(C(N)=O)N1C=CC=C(CC(F)(F)F)CC1=O. The van der Waals surface area contributed by atoms with Gasteiger partial charge in [0.1, 0.15) is 6.04 Å². The van der Waals surface area contributed by atoms with Crippen LogP contribution in [0, 0.1) is 0 Å². The van der Waals surface area contributed by atoms with E-state index in [1.807, 2.05) is 0 Å². The van der Waals surface area contributed by atoms with Gasteiger partial charge in [0.15, 0.2) is 0 Å². The minimum absolute atomic E-state index is 0.0319. The van der Waals surface area contributed by atoms with Crippen molar-refractivity contribution in [3.8, 4) is 0 Å². The molecule has 1 atom stereocenters. The summed E-state index contributed by atoms with van der Waals surface area (Å²) in [4.78, 5) is 24.2. The third-order valence-corrected chi connectivity index (χ3v) is 2.72. The number of allylic oxidation sites excluding steroid dienone is 2. The predicted molar refractivity (Wildman–Crippen MR) is 62.6 cm³/mol. The number of hydrogen-bond acceptors (Lipinski definition) is 2. The average molecular weight is 276 g/mol. The molecule has 0 bridgehead atoms. The van der Waals surface area contributed by atoms with Gasteiger partial charge in [-0.15, -0.1) is 0 Å². The summed E-state index contributed by atoms with van der Waals surface area (Å²) in [6.45, 7) is 1.67. The number of carbonyl (C=O) groups excluding carboxylic acids is 2. The maximum absolute atomic E-state index is 12.3. The molecular formula is C12H15F3N2O2. The van der Waals surface area contributed by atoms with Gasteiger partial charge in [-0.25, -0.2) is 0 Å². The normalized spacial score (nSPS) is 18.0. The van der Waals surface area contributed by atoms with Crippen LogP contribution < -0.4 is 5.73 Å². The second-order valence-electron chi connectivity index (χ2n) is 4.26. The number of primary amides is 1. The van der Waals surface area contributed by atoms with Crippen LogP contribution in [0.1, 0.15) is 26.2 Å². The zero-order valence-corrected chi connectivity index (χ0v) is 10.4. The first-order chi connectivity index (χ1) is 8.74. The molecule has 0 radical (unpaired) electrons. The standard InChI is InChI=1S/C12H15F3N2O2/c1-2-9(11(16)19)17-5-3-4-8(6-10(17)18)7-12(13,14)15/h3-5,9H,2,6-7H2,1H3,(H2,16,19). The van der Waals surface area contributed by atoms with E-state index in [0.29, 0.717) is 6.42 Å². The van der Waals surface area contributed by atoms with E-state index >= 15 is 0 Å². The van der Waals surface area contributed by atoms with Crippen LogP contribution in [0.3, 0.4) is 0 Å². The van der Waals surface area contributed by atoms with Gasteiger partial charge in [0.25, 0.3) is 0 Å². The molecule has 1 rings (SSSR count). The van der Waals surface area contributed by atoms with Crippen LogP contribution in [0.15, 0.2) is 23.9 Å². The summed E-state index contributed by atoms with van der Waals surface area (Å²) in [5.41, 5.74) is 5.13. The summed E-state index contributed by atoms with van der Waals surface area (Å²) < 4.78 is 36.9. The Kier molecular flexibility index (Phi) is 4.74. The Labute approximate surface area is 108 Å². The molecule has 0 spiro atoms. The van der Waals surface area contributed by atoms with Crippen LogP contribution >= 0.6 is 0 Å². The van der Waals surface area contributed by atoms with E-state index < -0.39 is 30.5 Å². The van der Waals surface area contributed by atoms with Crippen molar-refractivity contribution in [3.05, 3.63) is 23.9 Å². The molecular weight excluding hydrogens is 261 g/mol. The summed E-state index contributed by atoms with van der Waals surface area (Å²) in [6, 6.07) is -0.831. The fourth-order valence-corrected chi connectivity index (χ4v) is 1.89. The van der Waals surface area contributed by atoms with Crippen LogP contribution in [-0.2, 0) is 9.59 Å². The number of nitrogens with two attached hydrogens (primary N) is 1. The molecule has 1 aliphatic heterocycles. The molecule has 0 aromatic heterocycles. The number of hydrogen-bond donors (Lipinski definition) is 1. The second-order valence-corrected chi connectivity index (χ2v) is 4.26. The van der Waals surface area contributed by atoms with Gasteiger partial charge in [-0.05, 0) is 12.5 Å². The fourth-order valence-electron chi connectivity index (χ4n) is 1.89. The van der Waals surface area contributed by atoms with E-state index in [0.717, 1.165) is 4.90 Å². The Morgan fingerprint density at radius 3 is 2.63 bits per heavy atom. The predicted octanol–water partition coefficient (Wildman–Crippen LogP) is 1.88. The van der Waals surface area contributed by atoms with Gasteiger partial charge in [0, 0.05) is 12.6 Å². The van der Waals surface area contributed by atoms with Crippen LogP contribution in [0.25, 0.3) is 0 Å². The Bertz CT molecular complexity index is 427. The Morgan fingerprint density at radius 1 is 1.53 bits per heavy atom. The lowest BCUT2D eigenvalue weighted by Crippen LogP contribution is -2.44. The third kappa shape index (κ3) is 4.42. The van der Waals surface area contributed by atoms with Crippen molar-refractivity contribution in [2.24, 2.45) is 5.73 Å². The van der Waals surface area contributed by atoms with Crippen molar-refractivity contribution in [2.75, 3.05) is 0 Å². The lowest BCUT2D eigenvalue weighted by atomic mass is 10.1. The maximum Gasteiger partial charge on any atom is 0.392 e. The molecule has 1 unspecified atom stereocenters. The van der Waals surface area contributed by atoms with Gasteiger partial charge >= 0.3 is 6.18 Å². The van der Waals surface area contributed by atoms with Gasteiger partial charge < -0.3 is 10.6 Å². The first-order valence-electron chi connectivity index (χ1n) is 5.78. The van der Waals surface area contributed by atoms with Gasteiger partial charge in [0.2, 0.25) is 11.8 Å². The van der Waals surface area contributed by atoms with Crippen molar-refractivity contribution in [2.45, 2.75) is 38.4 Å². The van der Waals surface area contributed by atoms with Crippen molar-refractivity contribution < 1.29 is 22.8 Å². The largest absolute Gasteiger partial charge is 0.392 e. The molecule has 0 saturated heterocycles. The number of halogens is 3. The van der Waals surface area contributed by atoms with Crippen molar-refractivity contribution in [3.63, 3.8) is 0 Å². The molecule has 106 valence electrons. The van der Waals surface area contributed by atoms with Gasteiger partial charge in [-0.3, -0.25) is 9.59 Å². The zero-order valence-electron chi connectivity index (χ0n) is 10.4. The lowest BCUT2D eigenvalue weighted by Gasteiger charge is -2.25. The van der Waals surface area contributed by atoms with Gasteiger partial charge in [0.05, 0.1) is 6.42 Å². The molecule has 0 aromatic rings. The monoisotopic (exact) mass is 276 g/mol. The number of nitrogens with zero attached hydrogens (tertiary/aromatic N) is 1. The highest BCUT2D eigenvalue weighted by atomic mass is 19.4. The van der Waals surface area contributed by atoms with E-state index in [9.17, 15) is 22.8 Å². The van der Waals surface area contributed by atoms with Crippen molar-refractivity contribution in [1.29, 1.82) is 0 Å². The minimum Gasteiger partial charge on any atom is -0.368 e. The van der Waals surface area contributed by atoms with E-state index in [4.69, 9.17) is 5.73 Å². The molecule has 19 heavy (non-hydrogen) atoms. The summed E-state index contributed by atoms with van der Waals surface area (Å²) in [6.07, 6.45) is -1.68. The number of rotatable bonds is 4. The lowest BCUT2D eigenvalue weighted by molar-refractivity contribution is -0.137. The molecule has 0 saturated carbocycles. The minimum atomic E-state index is -4.36. The maximum atomic E-state index is 12.3. The highest BCUT2D eigenvalue weighted by Gasteiger charge is 2.32. The molecule has 2 amide bonds. The fraction of sp³-hybridized carbons (Fsp3) is 0.500. The molecule has 1 aliphatic rings. The molecule has 0 aliphatic carbocycles. The van der Waals surface area contributed by atoms with E-state index in [1.54, 1.807) is 6.92 Å². The van der Waals surface area contributed by atoms with Crippen LogP contribution in [0.2, 0.25) is 0 Å². The second kappa shape index (κ2) is 5.90. The Balaban J connectivity index is 2.83. The van der Waals surface area contributed by atoms with Crippen LogP contribution in [0.5, 0.6) is 0 Å².